The van der Waals surface area contributed by atoms with Crippen LogP contribution in [0.3, 0.4) is 0 Å². The van der Waals surface area contributed by atoms with Gasteiger partial charge in [-0.3, -0.25) is 9.59 Å². The Kier molecular flexibility index (Phi) is 6.72. The van der Waals surface area contributed by atoms with Gasteiger partial charge in [-0.25, -0.2) is 0 Å². The Balaban J connectivity index is 1.80. The highest BCUT2D eigenvalue weighted by Gasteiger charge is 2.17. The molecule has 9 heteroatoms. The summed E-state index contributed by atoms with van der Waals surface area (Å²) in [5.74, 6) is 1.13. The van der Waals surface area contributed by atoms with Gasteiger partial charge in [0.15, 0.2) is 5.82 Å². The summed E-state index contributed by atoms with van der Waals surface area (Å²) < 4.78 is 9.94. The summed E-state index contributed by atoms with van der Waals surface area (Å²) in [5.41, 5.74) is 0.562. The first-order valence-corrected chi connectivity index (χ1v) is 8.81. The topological polar surface area (TPSA) is 93.5 Å². The molecule has 1 heterocycles. The molecule has 2 amide bonds. The summed E-state index contributed by atoms with van der Waals surface area (Å²) in [4.78, 5) is 24.0. The van der Waals surface area contributed by atoms with Gasteiger partial charge in [-0.15, -0.1) is 11.8 Å². The lowest BCUT2D eigenvalue weighted by Crippen LogP contribution is -2.25. The first kappa shape index (κ1) is 19.1. The molecule has 0 saturated heterocycles. The molecule has 0 saturated carbocycles. The van der Waals surface area contributed by atoms with E-state index < -0.39 is 5.25 Å². The molecule has 0 fully saturated rings. The first-order valence-electron chi connectivity index (χ1n) is 7.38. The van der Waals surface area contributed by atoms with Crippen LogP contribution < -0.4 is 15.4 Å². The third-order valence-corrected chi connectivity index (χ3v) is 4.59. The lowest BCUT2D eigenvalue weighted by atomic mass is 10.3. The summed E-state index contributed by atoms with van der Waals surface area (Å²) in [5, 5.41) is 9.02. The average Bonchev–Trinajstić information content (AvgIpc) is 2.97. The second kappa shape index (κ2) is 8.77. The summed E-state index contributed by atoms with van der Waals surface area (Å²) in [7, 11) is 1.52. The van der Waals surface area contributed by atoms with Gasteiger partial charge in [0.2, 0.25) is 11.8 Å². The van der Waals surface area contributed by atoms with Gasteiger partial charge in [0.1, 0.15) is 11.5 Å². The van der Waals surface area contributed by atoms with E-state index in [1.54, 1.807) is 38.1 Å². The molecule has 0 aliphatic rings. The fraction of sp³-hybridized carbons (Fsp3) is 0.312. The van der Waals surface area contributed by atoms with Crippen molar-refractivity contribution in [2.24, 2.45) is 0 Å². The number of aryl methyl sites for hydroxylation is 1. The van der Waals surface area contributed by atoms with Crippen LogP contribution in [0, 0.1) is 6.92 Å². The maximum Gasteiger partial charge on any atom is 0.238 e. The molecule has 2 rings (SSSR count). The highest BCUT2D eigenvalue weighted by molar-refractivity contribution is 8.01. The lowest BCUT2D eigenvalue weighted by molar-refractivity contribution is -0.115. The van der Waals surface area contributed by atoms with Gasteiger partial charge in [-0.2, -0.15) is 0 Å². The minimum absolute atomic E-state index is 0.121. The molecule has 2 N–H and O–H groups in total. The highest BCUT2D eigenvalue weighted by atomic mass is 35.5. The minimum atomic E-state index is -0.429. The van der Waals surface area contributed by atoms with Crippen LogP contribution in [-0.4, -0.2) is 35.1 Å². The monoisotopic (exact) mass is 383 g/mol. The summed E-state index contributed by atoms with van der Waals surface area (Å²) in [6, 6.07) is 6.58. The number of anilines is 2. The van der Waals surface area contributed by atoms with Gasteiger partial charge in [-0.05, 0) is 32.0 Å². The second-order valence-electron chi connectivity index (χ2n) is 5.16. The van der Waals surface area contributed by atoms with Crippen LogP contribution in [-0.2, 0) is 9.59 Å². The number of methoxy groups -OCH3 is 1. The summed E-state index contributed by atoms with van der Waals surface area (Å²) >= 11 is 7.22. The molecule has 0 radical (unpaired) electrons. The van der Waals surface area contributed by atoms with Crippen LogP contribution in [0.5, 0.6) is 5.75 Å². The number of carbonyl (C=O) groups excluding carboxylic acids is 2. The molecule has 0 unspecified atom stereocenters. The average molecular weight is 384 g/mol. The Bertz CT molecular complexity index is 766. The number of hydrogen-bond donors (Lipinski definition) is 2. The van der Waals surface area contributed by atoms with Crippen LogP contribution in [0.15, 0.2) is 28.8 Å². The standard InChI is InChI=1S/C16H18ClN3O4S/c1-9-6-14(20-24-9)19-16(22)10(2)25-8-15(21)18-11-4-5-13(23-3)12(17)7-11/h4-7,10H,8H2,1-3H3,(H,18,21)(H,19,20,22)/t10-/m1/s1. The van der Waals surface area contributed by atoms with E-state index in [-0.39, 0.29) is 17.6 Å². The van der Waals surface area contributed by atoms with Gasteiger partial charge in [-0.1, -0.05) is 16.8 Å². The van der Waals surface area contributed by atoms with Gasteiger partial charge in [0.05, 0.1) is 23.1 Å². The minimum Gasteiger partial charge on any atom is -0.495 e. The number of aromatic nitrogens is 1. The maximum absolute atomic E-state index is 12.0. The number of benzene rings is 1. The molecule has 0 bridgehead atoms. The van der Waals surface area contributed by atoms with Crippen molar-refractivity contribution in [1.82, 2.24) is 5.16 Å². The SMILES string of the molecule is COc1ccc(NC(=O)CS[C@H](C)C(=O)Nc2cc(C)on2)cc1Cl. The smallest absolute Gasteiger partial charge is 0.238 e. The molecule has 1 aromatic carbocycles. The Labute approximate surface area is 154 Å². The first-order chi connectivity index (χ1) is 11.9. The van der Waals surface area contributed by atoms with E-state index in [4.69, 9.17) is 20.9 Å². The highest BCUT2D eigenvalue weighted by Crippen LogP contribution is 2.27. The van der Waals surface area contributed by atoms with Crippen molar-refractivity contribution in [2.45, 2.75) is 19.1 Å². The summed E-state index contributed by atoms with van der Waals surface area (Å²) in [6.07, 6.45) is 0. The van der Waals surface area contributed by atoms with Crippen molar-refractivity contribution in [1.29, 1.82) is 0 Å². The number of thioether (sulfide) groups is 1. The van der Waals surface area contributed by atoms with Crippen molar-refractivity contribution in [3.8, 4) is 5.75 Å². The van der Waals surface area contributed by atoms with E-state index in [9.17, 15) is 9.59 Å². The number of halogens is 1. The van der Waals surface area contributed by atoms with E-state index >= 15 is 0 Å². The summed E-state index contributed by atoms with van der Waals surface area (Å²) in [6.45, 7) is 3.45. The zero-order valence-electron chi connectivity index (χ0n) is 14.0. The Morgan fingerprint density at radius 2 is 2.12 bits per heavy atom. The van der Waals surface area contributed by atoms with Crippen LogP contribution in [0.25, 0.3) is 0 Å². The third kappa shape index (κ3) is 5.68. The third-order valence-electron chi connectivity index (χ3n) is 3.15. The van der Waals surface area contributed by atoms with E-state index in [1.807, 2.05) is 0 Å². The van der Waals surface area contributed by atoms with Crippen molar-refractivity contribution < 1.29 is 18.8 Å². The van der Waals surface area contributed by atoms with E-state index in [0.717, 1.165) is 0 Å². The number of rotatable bonds is 7. The fourth-order valence-corrected chi connectivity index (χ4v) is 2.81. The molecular weight excluding hydrogens is 366 g/mol. The predicted octanol–water partition coefficient (Wildman–Crippen LogP) is 3.34. The van der Waals surface area contributed by atoms with Gasteiger partial charge in [0.25, 0.3) is 0 Å². The van der Waals surface area contributed by atoms with Gasteiger partial charge in [0, 0.05) is 11.8 Å². The fourth-order valence-electron chi connectivity index (χ4n) is 1.87. The zero-order valence-corrected chi connectivity index (χ0v) is 15.5. The van der Waals surface area contributed by atoms with Gasteiger partial charge >= 0.3 is 0 Å². The van der Waals surface area contributed by atoms with Crippen molar-refractivity contribution in [3.63, 3.8) is 0 Å². The zero-order chi connectivity index (χ0) is 18.4. The van der Waals surface area contributed by atoms with Crippen molar-refractivity contribution in [2.75, 3.05) is 23.5 Å². The van der Waals surface area contributed by atoms with Crippen LogP contribution in [0.2, 0.25) is 5.02 Å². The molecule has 25 heavy (non-hydrogen) atoms. The number of nitrogens with one attached hydrogen (secondary N) is 2. The Hall–Kier alpha value is -2.19. The number of carbonyl (C=O) groups is 2. The Morgan fingerprint density at radius 3 is 2.72 bits per heavy atom. The second-order valence-corrected chi connectivity index (χ2v) is 6.90. The molecular formula is C16H18ClN3O4S. The molecule has 2 aromatic rings. The van der Waals surface area contributed by atoms with Crippen LogP contribution in [0.4, 0.5) is 11.5 Å². The van der Waals surface area contributed by atoms with Crippen molar-refractivity contribution in [3.05, 3.63) is 35.0 Å². The molecule has 1 atom stereocenters. The molecule has 0 aliphatic carbocycles. The van der Waals surface area contributed by atoms with Crippen LogP contribution >= 0.6 is 23.4 Å². The van der Waals surface area contributed by atoms with E-state index in [1.165, 1.54) is 18.9 Å². The predicted molar refractivity (Wildman–Crippen MR) is 98.4 cm³/mol. The normalized spacial score (nSPS) is 11.7. The number of nitrogens with zero attached hydrogens (tertiary/aromatic N) is 1. The van der Waals surface area contributed by atoms with Gasteiger partial charge < -0.3 is 19.9 Å². The molecule has 0 aliphatic heterocycles. The number of amides is 2. The molecule has 1 aromatic heterocycles. The molecule has 134 valence electrons. The lowest BCUT2D eigenvalue weighted by Gasteiger charge is -2.11. The van der Waals surface area contributed by atoms with Crippen LogP contribution in [0.1, 0.15) is 12.7 Å². The number of hydrogen-bond acceptors (Lipinski definition) is 6. The van der Waals surface area contributed by atoms with E-state index in [2.05, 4.69) is 15.8 Å². The Morgan fingerprint density at radius 1 is 1.36 bits per heavy atom. The largest absolute Gasteiger partial charge is 0.495 e. The van der Waals surface area contributed by atoms with E-state index in [0.29, 0.717) is 28.0 Å². The maximum atomic E-state index is 12.0. The van der Waals surface area contributed by atoms with Crippen molar-refractivity contribution >= 4 is 46.7 Å². The molecule has 0 spiro atoms. The number of ether oxygens (including phenoxy) is 1. The molecule has 7 nitrogen and oxygen atoms in total. The quantitative estimate of drug-likeness (QED) is 0.761.